The Balaban J connectivity index is 1.30. The minimum atomic E-state index is -0.514. The van der Waals surface area contributed by atoms with Crippen molar-refractivity contribution in [2.45, 2.75) is 49.7 Å². The van der Waals surface area contributed by atoms with Crippen LogP contribution in [0.3, 0.4) is 0 Å². The predicted octanol–water partition coefficient (Wildman–Crippen LogP) is 6.41. The van der Waals surface area contributed by atoms with Crippen LogP contribution in [0.2, 0.25) is 0 Å². The third-order valence-corrected chi connectivity index (χ3v) is 7.11. The summed E-state index contributed by atoms with van der Waals surface area (Å²) in [6.45, 7) is -0.106. The highest BCUT2D eigenvalue weighted by molar-refractivity contribution is 7.99. The Hall–Kier alpha value is -3.06. The summed E-state index contributed by atoms with van der Waals surface area (Å²) in [5, 5.41) is 9.63. The number of para-hydroxylation sites is 1. The van der Waals surface area contributed by atoms with Gasteiger partial charge in [-0.1, -0.05) is 55.7 Å². The molecule has 0 radical (unpaired) electrons. The molecule has 0 aliphatic heterocycles. The van der Waals surface area contributed by atoms with E-state index >= 15 is 0 Å². The van der Waals surface area contributed by atoms with Crippen molar-refractivity contribution in [3.05, 3.63) is 71.8 Å². The maximum absolute atomic E-state index is 12.9. The highest BCUT2D eigenvalue weighted by Gasteiger charge is 2.24. The summed E-state index contributed by atoms with van der Waals surface area (Å²) in [6.07, 6.45) is 6.37. The van der Waals surface area contributed by atoms with Gasteiger partial charge < -0.3 is 13.6 Å². The second kappa shape index (κ2) is 9.61. The molecule has 32 heavy (non-hydrogen) atoms. The number of ether oxygens (including phenoxy) is 1. The molecular weight excluding hydrogens is 424 g/mol. The fraction of sp³-hybridized carbons (Fsp3) is 0.320. The minimum absolute atomic E-state index is 0.106. The van der Waals surface area contributed by atoms with Crippen LogP contribution < -0.4 is 0 Å². The highest BCUT2D eigenvalue weighted by atomic mass is 32.2. The number of hydrogen-bond acceptors (Lipinski definition) is 7. The average molecular weight is 449 g/mol. The largest absolute Gasteiger partial charge is 0.450 e. The molecule has 1 aliphatic rings. The zero-order valence-corrected chi connectivity index (χ0v) is 18.5. The SMILES string of the molecule is O=C(OCc1nnc(-c2ccccc2)o1)c1oc2ccccc2c1CSC1CCCCC1. The van der Waals surface area contributed by atoms with E-state index in [1.54, 1.807) is 0 Å². The first-order valence-electron chi connectivity index (χ1n) is 10.9. The number of hydrogen-bond donors (Lipinski definition) is 0. The smallest absolute Gasteiger partial charge is 0.375 e. The van der Waals surface area contributed by atoms with Crippen LogP contribution in [-0.2, 0) is 17.1 Å². The fourth-order valence-electron chi connectivity index (χ4n) is 4.04. The van der Waals surface area contributed by atoms with Crippen molar-refractivity contribution in [3.63, 3.8) is 0 Å². The topological polar surface area (TPSA) is 78.4 Å². The number of benzene rings is 2. The summed E-state index contributed by atoms with van der Waals surface area (Å²) in [6, 6.07) is 17.2. The Labute approximate surface area is 190 Å². The van der Waals surface area contributed by atoms with Crippen molar-refractivity contribution in [1.82, 2.24) is 10.2 Å². The number of carbonyl (C=O) groups excluding carboxylic acids is 1. The van der Waals surface area contributed by atoms with E-state index < -0.39 is 5.97 Å². The quantitative estimate of drug-likeness (QED) is 0.302. The van der Waals surface area contributed by atoms with Crippen molar-refractivity contribution < 1.29 is 18.4 Å². The van der Waals surface area contributed by atoms with Gasteiger partial charge in [0, 0.05) is 27.5 Å². The summed E-state index contributed by atoms with van der Waals surface area (Å²) < 4.78 is 17.0. The van der Waals surface area contributed by atoms with E-state index in [1.165, 1.54) is 32.1 Å². The lowest BCUT2D eigenvalue weighted by Crippen LogP contribution is -2.10. The van der Waals surface area contributed by atoms with E-state index in [4.69, 9.17) is 13.6 Å². The molecule has 1 aliphatic carbocycles. The summed E-state index contributed by atoms with van der Waals surface area (Å²) in [5.41, 5.74) is 2.41. The van der Waals surface area contributed by atoms with E-state index in [0.717, 1.165) is 22.3 Å². The monoisotopic (exact) mass is 448 g/mol. The van der Waals surface area contributed by atoms with Gasteiger partial charge >= 0.3 is 5.97 Å². The summed E-state index contributed by atoms with van der Waals surface area (Å²) in [4.78, 5) is 12.9. The number of rotatable bonds is 7. The molecule has 6 nitrogen and oxygen atoms in total. The Morgan fingerprint density at radius 2 is 1.75 bits per heavy atom. The maximum atomic E-state index is 12.9. The van der Waals surface area contributed by atoms with Gasteiger partial charge in [-0.3, -0.25) is 0 Å². The number of esters is 1. The number of thioether (sulfide) groups is 1. The molecule has 0 atom stereocenters. The molecule has 1 saturated carbocycles. The van der Waals surface area contributed by atoms with Crippen molar-refractivity contribution in [3.8, 4) is 11.5 Å². The van der Waals surface area contributed by atoms with Crippen LogP contribution in [-0.4, -0.2) is 21.4 Å². The van der Waals surface area contributed by atoms with Crippen molar-refractivity contribution in [1.29, 1.82) is 0 Å². The molecule has 2 heterocycles. The maximum Gasteiger partial charge on any atom is 0.375 e. The minimum Gasteiger partial charge on any atom is -0.450 e. The van der Waals surface area contributed by atoms with Crippen LogP contribution in [0.4, 0.5) is 0 Å². The van der Waals surface area contributed by atoms with E-state index in [9.17, 15) is 4.79 Å². The summed E-state index contributed by atoms with van der Waals surface area (Å²) >= 11 is 1.91. The number of carbonyl (C=O) groups is 1. The fourth-order valence-corrected chi connectivity index (χ4v) is 5.40. The summed E-state index contributed by atoms with van der Waals surface area (Å²) in [5.74, 6) is 1.11. The van der Waals surface area contributed by atoms with Crippen LogP contribution in [0.5, 0.6) is 0 Å². The molecule has 7 heteroatoms. The van der Waals surface area contributed by atoms with Crippen molar-refractivity contribution in [2.24, 2.45) is 0 Å². The summed E-state index contributed by atoms with van der Waals surface area (Å²) in [7, 11) is 0. The van der Waals surface area contributed by atoms with Crippen molar-refractivity contribution >= 4 is 28.7 Å². The standard InChI is InChI=1S/C25H24N2O4S/c28-25(29-15-22-26-27-24(31-22)17-9-3-1-4-10-17)23-20(16-32-18-11-5-2-6-12-18)19-13-7-8-14-21(19)30-23/h1,3-4,7-10,13-14,18H,2,5-6,11-12,15-16H2. The van der Waals surface area contributed by atoms with Gasteiger partial charge in [-0.05, 0) is 31.0 Å². The van der Waals surface area contributed by atoms with E-state index in [1.807, 2.05) is 66.4 Å². The third-order valence-electron chi connectivity index (χ3n) is 5.71. The Bertz CT molecular complexity index is 1200. The second-order valence-electron chi connectivity index (χ2n) is 7.92. The first kappa shape index (κ1) is 20.8. The van der Waals surface area contributed by atoms with Gasteiger partial charge in [-0.15, -0.1) is 10.2 Å². The Kier molecular flexibility index (Phi) is 6.25. The van der Waals surface area contributed by atoms with Crippen LogP contribution in [0, 0.1) is 0 Å². The molecule has 164 valence electrons. The number of aromatic nitrogens is 2. The van der Waals surface area contributed by atoms with Gasteiger partial charge in [0.2, 0.25) is 11.7 Å². The lowest BCUT2D eigenvalue weighted by atomic mass is 10.0. The number of furan rings is 1. The van der Waals surface area contributed by atoms with Gasteiger partial charge in [0.25, 0.3) is 5.89 Å². The normalized spacial score (nSPS) is 14.6. The molecule has 2 aromatic heterocycles. The Morgan fingerprint density at radius 3 is 2.59 bits per heavy atom. The van der Waals surface area contributed by atoms with Crippen LogP contribution >= 0.6 is 11.8 Å². The molecule has 0 bridgehead atoms. The third kappa shape index (κ3) is 4.58. The van der Waals surface area contributed by atoms with E-state index in [2.05, 4.69) is 10.2 Å². The molecule has 1 fully saturated rings. The van der Waals surface area contributed by atoms with Gasteiger partial charge in [0.05, 0.1) is 0 Å². The number of nitrogens with zero attached hydrogens (tertiary/aromatic N) is 2. The first-order valence-corrected chi connectivity index (χ1v) is 12.0. The molecule has 0 unspecified atom stereocenters. The Morgan fingerprint density at radius 1 is 0.969 bits per heavy atom. The zero-order chi connectivity index (χ0) is 21.8. The lowest BCUT2D eigenvalue weighted by Gasteiger charge is -2.20. The molecule has 0 saturated heterocycles. The van der Waals surface area contributed by atoms with Crippen LogP contribution in [0.15, 0.2) is 63.4 Å². The molecule has 0 amide bonds. The van der Waals surface area contributed by atoms with Gasteiger partial charge in [0.1, 0.15) is 5.58 Å². The molecular formula is C25H24N2O4S. The lowest BCUT2D eigenvalue weighted by molar-refractivity contribution is 0.0403. The van der Waals surface area contributed by atoms with E-state index in [0.29, 0.717) is 16.7 Å². The highest BCUT2D eigenvalue weighted by Crippen LogP contribution is 2.35. The molecule has 4 aromatic rings. The van der Waals surface area contributed by atoms with Crippen LogP contribution in [0.25, 0.3) is 22.4 Å². The number of fused-ring (bicyclic) bond motifs is 1. The second-order valence-corrected chi connectivity index (χ2v) is 9.21. The van der Waals surface area contributed by atoms with Gasteiger partial charge in [-0.2, -0.15) is 11.8 Å². The molecule has 0 N–H and O–H groups in total. The van der Waals surface area contributed by atoms with Gasteiger partial charge in [0.15, 0.2) is 6.61 Å². The van der Waals surface area contributed by atoms with Gasteiger partial charge in [-0.25, -0.2) is 4.79 Å². The molecule has 2 aromatic carbocycles. The average Bonchev–Trinajstić information content (AvgIpc) is 3.47. The van der Waals surface area contributed by atoms with Crippen molar-refractivity contribution in [2.75, 3.05) is 0 Å². The predicted molar refractivity (Wildman–Crippen MR) is 123 cm³/mol. The zero-order valence-electron chi connectivity index (χ0n) is 17.7. The molecule has 5 rings (SSSR count). The first-order chi connectivity index (χ1) is 15.8. The molecule has 0 spiro atoms. The van der Waals surface area contributed by atoms with E-state index in [-0.39, 0.29) is 18.3 Å². The van der Waals surface area contributed by atoms with Crippen LogP contribution in [0.1, 0.15) is 54.1 Å².